The molecule has 32 heavy (non-hydrogen) atoms. The summed E-state index contributed by atoms with van der Waals surface area (Å²) in [6.07, 6.45) is 11.1. The molecule has 0 aliphatic carbocycles. The predicted molar refractivity (Wildman–Crippen MR) is 136 cm³/mol. The van der Waals surface area contributed by atoms with Crippen molar-refractivity contribution in [3.63, 3.8) is 0 Å². The number of nitrogens with zero attached hydrogens (tertiary/aromatic N) is 3. The van der Waals surface area contributed by atoms with E-state index in [0.717, 1.165) is 12.0 Å². The molecule has 7 heteroatoms. The van der Waals surface area contributed by atoms with E-state index in [1.165, 1.54) is 11.8 Å². The zero-order chi connectivity index (χ0) is 23.3. The molecule has 0 aliphatic rings. The average molecular weight is 463 g/mol. The van der Waals surface area contributed by atoms with E-state index in [1.54, 1.807) is 12.1 Å². The maximum absolute atomic E-state index is 9.94. The van der Waals surface area contributed by atoms with Crippen LogP contribution in [0.5, 0.6) is 5.75 Å². The van der Waals surface area contributed by atoms with Gasteiger partial charge in [0.1, 0.15) is 34.3 Å². The van der Waals surface area contributed by atoms with Gasteiger partial charge in [-0.15, -0.1) is 11.8 Å². The molecule has 0 atom stereocenters. The van der Waals surface area contributed by atoms with Crippen LogP contribution < -0.4 is 10.5 Å². The summed E-state index contributed by atoms with van der Waals surface area (Å²) >= 11 is 5.57. The van der Waals surface area contributed by atoms with Crippen molar-refractivity contribution in [2.24, 2.45) is 0 Å². The molecule has 0 bridgehead atoms. The van der Waals surface area contributed by atoms with Crippen molar-refractivity contribution in [2.45, 2.75) is 25.3 Å². The molecule has 0 saturated carbocycles. The van der Waals surface area contributed by atoms with Gasteiger partial charge in [-0.2, -0.15) is 23.2 Å². The lowest BCUT2D eigenvalue weighted by Crippen LogP contribution is -2.04. The van der Waals surface area contributed by atoms with Gasteiger partial charge < -0.3 is 10.5 Å². The van der Waals surface area contributed by atoms with Gasteiger partial charge in [-0.1, -0.05) is 49.4 Å². The molecule has 2 rings (SSSR count). The van der Waals surface area contributed by atoms with Gasteiger partial charge in [0.2, 0.25) is 0 Å². The van der Waals surface area contributed by atoms with Gasteiger partial charge in [0.15, 0.2) is 0 Å². The summed E-state index contributed by atoms with van der Waals surface area (Å²) in [7, 11) is 0. The third kappa shape index (κ3) is 6.68. The van der Waals surface area contributed by atoms with E-state index >= 15 is 0 Å². The van der Waals surface area contributed by atoms with Crippen LogP contribution in [-0.4, -0.2) is 23.1 Å². The van der Waals surface area contributed by atoms with Crippen LogP contribution in [0.1, 0.15) is 31.4 Å². The first kappa shape index (κ1) is 25.1. The molecule has 1 heterocycles. The van der Waals surface area contributed by atoms with Crippen molar-refractivity contribution >= 4 is 30.2 Å². The molecule has 0 saturated heterocycles. The third-order valence-electron chi connectivity index (χ3n) is 4.46. The van der Waals surface area contributed by atoms with Crippen LogP contribution in [0, 0.1) is 22.7 Å². The molecular formula is C25H26N4OS2. The Morgan fingerprint density at radius 2 is 1.91 bits per heavy atom. The monoisotopic (exact) mass is 462 g/mol. The van der Waals surface area contributed by atoms with Crippen LogP contribution >= 0.6 is 24.4 Å². The topological polar surface area (TPSA) is 95.7 Å². The van der Waals surface area contributed by atoms with Crippen molar-refractivity contribution < 1.29 is 4.74 Å². The van der Waals surface area contributed by atoms with Crippen LogP contribution in [0.2, 0.25) is 0 Å². The number of hydrogen-bond acceptors (Lipinski definition) is 7. The summed E-state index contributed by atoms with van der Waals surface area (Å²) in [4.78, 5) is 4.37. The van der Waals surface area contributed by atoms with E-state index in [4.69, 9.17) is 10.5 Å². The molecule has 0 amide bonds. The maximum Gasteiger partial charge on any atom is 0.143 e. The van der Waals surface area contributed by atoms with Crippen LogP contribution in [0.15, 0.2) is 65.2 Å². The van der Waals surface area contributed by atoms with Crippen LogP contribution in [-0.2, 0) is 0 Å². The number of thioether (sulfide) groups is 1. The number of hydrogen-bond donors (Lipinski definition) is 2. The molecule has 0 radical (unpaired) electrons. The van der Waals surface area contributed by atoms with Gasteiger partial charge in [0.25, 0.3) is 0 Å². The Labute approximate surface area is 199 Å². The molecule has 164 valence electrons. The molecule has 0 aliphatic heterocycles. The Bertz CT molecular complexity index is 1090. The second kappa shape index (κ2) is 13.3. The van der Waals surface area contributed by atoms with E-state index < -0.39 is 0 Å². The number of nitriles is 2. The summed E-state index contributed by atoms with van der Waals surface area (Å²) in [5.41, 5.74) is 8.96. The zero-order valence-electron chi connectivity index (χ0n) is 18.2. The van der Waals surface area contributed by atoms with E-state index in [1.807, 2.05) is 43.4 Å². The average Bonchev–Trinajstić information content (AvgIpc) is 2.82. The van der Waals surface area contributed by atoms with Crippen molar-refractivity contribution in [1.82, 2.24) is 4.98 Å². The Morgan fingerprint density at radius 3 is 2.50 bits per heavy atom. The second-order valence-corrected chi connectivity index (χ2v) is 8.01. The molecule has 0 spiro atoms. The number of nitrogens with two attached hydrogens (primary N) is 1. The largest absolute Gasteiger partial charge is 0.493 e. The number of pyridine rings is 1. The van der Waals surface area contributed by atoms with Gasteiger partial charge >= 0.3 is 0 Å². The van der Waals surface area contributed by atoms with E-state index in [9.17, 15) is 10.5 Å². The number of allylic oxidation sites excluding steroid dienone is 5. The van der Waals surface area contributed by atoms with E-state index in [0.29, 0.717) is 45.6 Å². The van der Waals surface area contributed by atoms with Crippen LogP contribution in [0.4, 0.5) is 5.82 Å². The maximum atomic E-state index is 9.94. The summed E-state index contributed by atoms with van der Waals surface area (Å²) in [5, 5.41) is 20.1. The fourth-order valence-electron chi connectivity index (χ4n) is 2.85. The lowest BCUT2D eigenvalue weighted by Gasteiger charge is -2.14. The van der Waals surface area contributed by atoms with Gasteiger partial charge in [0, 0.05) is 17.1 Å². The van der Waals surface area contributed by atoms with Crippen LogP contribution in [0.3, 0.4) is 0 Å². The highest BCUT2D eigenvalue weighted by atomic mass is 32.2. The molecular weight excluding hydrogens is 436 g/mol. The van der Waals surface area contributed by atoms with Gasteiger partial charge in [-0.05, 0) is 36.6 Å². The summed E-state index contributed by atoms with van der Waals surface area (Å²) in [6.45, 7) is 4.55. The highest BCUT2D eigenvalue weighted by Gasteiger charge is 2.20. The lowest BCUT2D eigenvalue weighted by atomic mass is 9.97. The first-order chi connectivity index (χ1) is 15.6. The van der Waals surface area contributed by atoms with Gasteiger partial charge in [-0.25, -0.2) is 4.98 Å². The number of thiol groups is 1. The molecule has 0 unspecified atom stereocenters. The minimum atomic E-state index is 0.114. The van der Waals surface area contributed by atoms with Crippen molar-refractivity contribution in [2.75, 3.05) is 23.8 Å². The quantitative estimate of drug-likeness (QED) is 0.258. The molecule has 1 aromatic heterocycles. The van der Waals surface area contributed by atoms with Crippen molar-refractivity contribution in [3.05, 3.63) is 71.3 Å². The molecule has 5 nitrogen and oxygen atoms in total. The summed E-state index contributed by atoms with van der Waals surface area (Å²) in [5.74, 6) is 2.04. The third-order valence-corrected chi connectivity index (χ3v) is 5.69. The molecule has 2 aromatic rings. The number of rotatable bonds is 10. The number of benzene rings is 1. The fourth-order valence-corrected chi connectivity index (χ4v) is 3.96. The number of anilines is 1. The van der Waals surface area contributed by atoms with E-state index in [-0.39, 0.29) is 11.4 Å². The Balaban J connectivity index is 2.42. The summed E-state index contributed by atoms with van der Waals surface area (Å²) in [6, 6.07) is 11.6. The Morgan fingerprint density at radius 1 is 1.19 bits per heavy atom. The highest BCUT2D eigenvalue weighted by molar-refractivity contribution is 7.99. The summed E-state index contributed by atoms with van der Waals surface area (Å²) < 4.78 is 5.57. The normalized spacial score (nSPS) is 11.6. The zero-order valence-corrected chi connectivity index (χ0v) is 19.9. The Kier molecular flexibility index (Phi) is 10.5. The minimum Gasteiger partial charge on any atom is -0.493 e. The number of ether oxygens (including phenoxy) is 1. The predicted octanol–water partition coefficient (Wildman–Crippen LogP) is 5.94. The smallest absolute Gasteiger partial charge is 0.143 e. The number of aromatic nitrogens is 1. The van der Waals surface area contributed by atoms with Crippen LogP contribution in [0.25, 0.3) is 11.1 Å². The lowest BCUT2D eigenvalue weighted by molar-refractivity contribution is 0.344. The number of nitrogen functional groups attached to an aromatic ring is 1. The first-order valence-corrected chi connectivity index (χ1v) is 11.8. The van der Waals surface area contributed by atoms with Gasteiger partial charge in [-0.3, -0.25) is 0 Å². The fraction of sp³-hybridized carbons (Fsp3) is 0.240. The SMILES string of the molecule is C\C=C(/C=C\C=C\CC)CSc1nc(N)c(C#N)c(-c2ccc(OCCS)cc2)c1C#N. The second-order valence-electron chi connectivity index (χ2n) is 6.60. The van der Waals surface area contributed by atoms with Crippen molar-refractivity contribution in [1.29, 1.82) is 10.5 Å². The van der Waals surface area contributed by atoms with E-state index in [2.05, 4.69) is 42.8 Å². The molecule has 2 N–H and O–H groups in total. The Hall–Kier alpha value is -3.13. The first-order valence-electron chi connectivity index (χ1n) is 10.2. The standard InChI is InChI=1S/C25H26N4OS2/c1-3-5-6-7-8-18(4-2)17-32-25-22(16-27)23(21(15-26)24(28)29-25)19-9-11-20(12-10-19)30-13-14-31/h4-12,31H,3,13-14,17H2,1-2H3,(H2,28,29)/b6-5+,8-7-,18-4+. The van der Waals surface area contributed by atoms with Crippen molar-refractivity contribution in [3.8, 4) is 29.0 Å². The molecule has 1 aromatic carbocycles. The minimum absolute atomic E-state index is 0.114. The molecule has 0 fully saturated rings. The van der Waals surface area contributed by atoms with Gasteiger partial charge in [0.05, 0.1) is 12.2 Å². The highest BCUT2D eigenvalue weighted by Crippen LogP contribution is 2.36.